The average Bonchev–Trinajstić information content (AvgIpc) is 3.06. The number of aliphatic hydroxyl groups is 1. The van der Waals surface area contributed by atoms with Gasteiger partial charge in [-0.2, -0.15) is 0 Å². The second-order valence-corrected chi connectivity index (χ2v) is 5.74. The maximum absolute atomic E-state index is 12.8. The highest BCUT2D eigenvalue weighted by Gasteiger charge is 2.36. The molecular weight excluding hydrogens is 292 g/mol. The quantitative estimate of drug-likeness (QED) is 0.937. The molecule has 0 aliphatic carbocycles. The van der Waals surface area contributed by atoms with Crippen molar-refractivity contribution >= 4 is 5.91 Å². The van der Waals surface area contributed by atoms with E-state index in [1.54, 1.807) is 36.5 Å². The summed E-state index contributed by atoms with van der Waals surface area (Å²) in [6, 6.07) is 11.1. The molecule has 1 amide bonds. The Balaban J connectivity index is 1.83. The number of amides is 1. The van der Waals surface area contributed by atoms with Gasteiger partial charge in [0.15, 0.2) is 0 Å². The first-order valence-electron chi connectivity index (χ1n) is 7.67. The molecule has 0 radical (unpaired) electrons. The summed E-state index contributed by atoms with van der Waals surface area (Å²) < 4.78 is 5.29. The highest BCUT2D eigenvalue weighted by molar-refractivity contribution is 5.97. The Bertz CT molecular complexity index is 675. The van der Waals surface area contributed by atoms with Gasteiger partial charge in [-0.3, -0.25) is 9.78 Å². The van der Waals surface area contributed by atoms with Gasteiger partial charge in [-0.25, -0.2) is 0 Å². The van der Waals surface area contributed by atoms with Crippen molar-refractivity contribution in [2.45, 2.75) is 5.92 Å². The smallest absolute Gasteiger partial charge is 0.257 e. The average molecular weight is 312 g/mol. The van der Waals surface area contributed by atoms with Crippen LogP contribution in [0, 0.1) is 5.92 Å². The molecule has 0 spiro atoms. The first kappa shape index (κ1) is 15.5. The Morgan fingerprint density at radius 1 is 1.26 bits per heavy atom. The Labute approximate surface area is 135 Å². The molecule has 0 saturated carbocycles. The highest BCUT2D eigenvalue weighted by atomic mass is 16.5. The van der Waals surface area contributed by atoms with Gasteiger partial charge >= 0.3 is 0 Å². The molecule has 5 nitrogen and oxygen atoms in total. The van der Waals surface area contributed by atoms with Crippen LogP contribution in [0.3, 0.4) is 0 Å². The number of rotatable bonds is 4. The number of nitrogens with zero attached hydrogens (tertiary/aromatic N) is 2. The minimum absolute atomic E-state index is 0.0380. The van der Waals surface area contributed by atoms with Crippen LogP contribution in [-0.4, -0.2) is 47.7 Å². The lowest BCUT2D eigenvalue weighted by molar-refractivity contribution is 0.0778. The zero-order valence-corrected chi connectivity index (χ0v) is 13.1. The normalized spacial score (nSPS) is 20.5. The Morgan fingerprint density at radius 3 is 2.70 bits per heavy atom. The SMILES string of the molecule is COc1ccccc1C(=O)N1C[C@@H](CO)[C@H](c2ccncc2)C1. The predicted octanol–water partition coefficient (Wildman–Crippen LogP) is 1.94. The number of pyridine rings is 1. The summed E-state index contributed by atoms with van der Waals surface area (Å²) in [7, 11) is 1.56. The summed E-state index contributed by atoms with van der Waals surface area (Å²) in [4.78, 5) is 18.6. The fourth-order valence-electron chi connectivity index (χ4n) is 3.20. The van der Waals surface area contributed by atoms with Gasteiger partial charge in [0, 0.05) is 43.9 Å². The van der Waals surface area contributed by atoms with E-state index in [1.165, 1.54) is 0 Å². The summed E-state index contributed by atoms with van der Waals surface area (Å²) in [6.07, 6.45) is 3.49. The van der Waals surface area contributed by atoms with Gasteiger partial charge in [0.2, 0.25) is 0 Å². The third kappa shape index (κ3) is 3.05. The maximum atomic E-state index is 12.8. The molecular formula is C18H20N2O3. The van der Waals surface area contributed by atoms with Crippen LogP contribution in [0.25, 0.3) is 0 Å². The van der Waals surface area contributed by atoms with Gasteiger partial charge in [-0.1, -0.05) is 12.1 Å². The minimum atomic E-state index is -0.0579. The minimum Gasteiger partial charge on any atom is -0.496 e. The Hall–Kier alpha value is -2.40. The van der Waals surface area contributed by atoms with Crippen molar-refractivity contribution in [2.24, 2.45) is 5.92 Å². The van der Waals surface area contributed by atoms with E-state index in [1.807, 2.05) is 24.3 Å². The number of aliphatic hydroxyl groups excluding tert-OH is 1. The van der Waals surface area contributed by atoms with E-state index in [0.717, 1.165) is 5.56 Å². The number of carbonyl (C=O) groups is 1. The summed E-state index contributed by atoms with van der Waals surface area (Å²) in [5.41, 5.74) is 1.66. The fraction of sp³-hybridized carbons (Fsp3) is 0.333. The van der Waals surface area contributed by atoms with Crippen LogP contribution in [-0.2, 0) is 0 Å². The van der Waals surface area contributed by atoms with E-state index in [4.69, 9.17) is 4.74 Å². The van der Waals surface area contributed by atoms with E-state index in [-0.39, 0.29) is 24.3 Å². The molecule has 3 rings (SSSR count). The number of aromatic nitrogens is 1. The molecule has 1 aliphatic heterocycles. The summed E-state index contributed by atoms with van der Waals surface area (Å²) in [5.74, 6) is 0.681. The molecule has 1 aromatic carbocycles. The molecule has 23 heavy (non-hydrogen) atoms. The van der Waals surface area contributed by atoms with Crippen molar-refractivity contribution in [1.82, 2.24) is 9.88 Å². The third-order valence-corrected chi connectivity index (χ3v) is 4.43. The summed E-state index contributed by atoms with van der Waals surface area (Å²) in [5, 5.41) is 9.69. The lowest BCUT2D eigenvalue weighted by atomic mass is 9.90. The lowest BCUT2D eigenvalue weighted by Gasteiger charge is -2.18. The fourth-order valence-corrected chi connectivity index (χ4v) is 3.20. The predicted molar refractivity (Wildman–Crippen MR) is 86.5 cm³/mol. The van der Waals surface area contributed by atoms with Crippen LogP contribution in [0.2, 0.25) is 0 Å². The Kier molecular flexibility index (Phi) is 4.57. The third-order valence-electron chi connectivity index (χ3n) is 4.43. The molecule has 1 fully saturated rings. The van der Waals surface area contributed by atoms with Crippen molar-refractivity contribution in [2.75, 3.05) is 26.8 Å². The molecule has 0 unspecified atom stereocenters. The topological polar surface area (TPSA) is 62.7 Å². The number of methoxy groups -OCH3 is 1. The molecule has 1 saturated heterocycles. The largest absolute Gasteiger partial charge is 0.496 e. The van der Waals surface area contributed by atoms with Crippen LogP contribution in [0.1, 0.15) is 21.8 Å². The summed E-state index contributed by atoms with van der Waals surface area (Å²) >= 11 is 0. The van der Waals surface area contributed by atoms with E-state index in [2.05, 4.69) is 4.98 Å². The number of para-hydroxylation sites is 1. The molecule has 0 bridgehead atoms. The molecule has 2 atom stereocenters. The van der Waals surface area contributed by atoms with E-state index < -0.39 is 0 Å². The van der Waals surface area contributed by atoms with Crippen LogP contribution >= 0.6 is 0 Å². The van der Waals surface area contributed by atoms with Crippen molar-refractivity contribution in [3.05, 3.63) is 59.9 Å². The van der Waals surface area contributed by atoms with Crippen LogP contribution in [0.15, 0.2) is 48.8 Å². The Morgan fingerprint density at radius 2 is 2.00 bits per heavy atom. The zero-order chi connectivity index (χ0) is 16.2. The standard InChI is InChI=1S/C18H20N2O3/c1-23-17-5-3-2-4-15(17)18(22)20-10-14(12-21)16(11-20)13-6-8-19-9-7-13/h2-9,14,16,21H,10-12H2,1H3/t14-,16-/m0/s1. The molecule has 1 aliphatic rings. The van der Waals surface area contributed by atoms with E-state index in [9.17, 15) is 9.90 Å². The summed E-state index contributed by atoms with van der Waals surface area (Å²) in [6.45, 7) is 1.19. The molecule has 1 aromatic heterocycles. The van der Waals surface area contributed by atoms with E-state index in [0.29, 0.717) is 24.4 Å². The highest BCUT2D eigenvalue weighted by Crippen LogP contribution is 2.33. The molecule has 5 heteroatoms. The maximum Gasteiger partial charge on any atom is 0.257 e. The number of likely N-dealkylation sites (tertiary alicyclic amines) is 1. The van der Waals surface area contributed by atoms with Crippen LogP contribution in [0.5, 0.6) is 5.75 Å². The molecule has 2 aromatic rings. The van der Waals surface area contributed by atoms with Crippen LogP contribution in [0.4, 0.5) is 0 Å². The van der Waals surface area contributed by atoms with Gasteiger partial charge in [0.05, 0.1) is 12.7 Å². The number of ether oxygens (including phenoxy) is 1. The van der Waals surface area contributed by atoms with Crippen molar-refractivity contribution < 1.29 is 14.6 Å². The van der Waals surface area contributed by atoms with Gasteiger partial charge in [0.1, 0.15) is 5.75 Å². The van der Waals surface area contributed by atoms with Crippen molar-refractivity contribution in [3.8, 4) is 5.75 Å². The van der Waals surface area contributed by atoms with Crippen molar-refractivity contribution in [3.63, 3.8) is 0 Å². The molecule has 120 valence electrons. The zero-order valence-electron chi connectivity index (χ0n) is 13.1. The number of carbonyl (C=O) groups excluding carboxylic acids is 1. The first-order chi connectivity index (χ1) is 11.2. The van der Waals surface area contributed by atoms with Gasteiger partial charge in [-0.05, 0) is 29.8 Å². The number of hydrogen-bond acceptors (Lipinski definition) is 4. The van der Waals surface area contributed by atoms with Crippen LogP contribution < -0.4 is 4.74 Å². The van der Waals surface area contributed by atoms with Gasteiger partial charge in [0.25, 0.3) is 5.91 Å². The number of benzene rings is 1. The van der Waals surface area contributed by atoms with Gasteiger partial charge in [-0.15, -0.1) is 0 Å². The first-order valence-corrected chi connectivity index (χ1v) is 7.67. The van der Waals surface area contributed by atoms with Gasteiger partial charge < -0.3 is 14.7 Å². The van der Waals surface area contributed by atoms with Crippen molar-refractivity contribution in [1.29, 1.82) is 0 Å². The monoisotopic (exact) mass is 312 g/mol. The number of hydrogen-bond donors (Lipinski definition) is 1. The second kappa shape index (κ2) is 6.79. The molecule has 1 N–H and O–H groups in total. The second-order valence-electron chi connectivity index (χ2n) is 5.74. The lowest BCUT2D eigenvalue weighted by Crippen LogP contribution is -2.29. The molecule has 2 heterocycles. The van der Waals surface area contributed by atoms with E-state index >= 15 is 0 Å².